The average Bonchev–Trinajstić information content (AvgIpc) is 3.09. The summed E-state index contributed by atoms with van der Waals surface area (Å²) < 4.78 is 0. The van der Waals surface area contributed by atoms with Crippen LogP contribution in [-0.2, 0) is 6.42 Å². The predicted molar refractivity (Wildman–Crippen MR) is 80.6 cm³/mol. The lowest BCUT2D eigenvalue weighted by Gasteiger charge is -2.09. The second-order valence-electron chi connectivity index (χ2n) is 5.46. The van der Waals surface area contributed by atoms with Gasteiger partial charge in [-0.1, -0.05) is 36.4 Å². The summed E-state index contributed by atoms with van der Waals surface area (Å²) in [5.41, 5.74) is 1.39. The highest BCUT2D eigenvalue weighted by Gasteiger charge is 2.42. The molecule has 2 heteroatoms. The molecule has 1 heterocycles. The molecule has 1 aliphatic carbocycles. The third kappa shape index (κ3) is 3.26. The number of hydrogen-bond donors (Lipinski definition) is 1. The van der Waals surface area contributed by atoms with Crippen molar-refractivity contribution < 1.29 is 5.11 Å². The lowest BCUT2D eigenvalue weighted by atomic mass is 10.0. The lowest BCUT2D eigenvalue weighted by molar-refractivity contribution is 0.137. The Hall–Kier alpha value is -1.12. The highest BCUT2D eigenvalue weighted by molar-refractivity contribution is 7.09. The Bertz CT molecular complexity index is 491. The van der Waals surface area contributed by atoms with Crippen LogP contribution in [0.15, 0.2) is 47.8 Å². The molecule has 3 atom stereocenters. The summed E-state index contributed by atoms with van der Waals surface area (Å²) in [5, 5.41) is 12.4. The van der Waals surface area contributed by atoms with E-state index >= 15 is 0 Å². The minimum absolute atomic E-state index is 0.120. The maximum Gasteiger partial charge on any atom is 0.0574 e. The van der Waals surface area contributed by atoms with Crippen molar-refractivity contribution in [1.29, 1.82) is 0 Å². The van der Waals surface area contributed by atoms with Crippen LogP contribution >= 0.6 is 11.3 Å². The highest BCUT2D eigenvalue weighted by atomic mass is 32.1. The minimum atomic E-state index is -0.120. The molecule has 0 amide bonds. The van der Waals surface area contributed by atoms with Gasteiger partial charge in [0.1, 0.15) is 0 Å². The molecule has 1 fully saturated rings. The molecular weight excluding hydrogens is 252 g/mol. The van der Waals surface area contributed by atoms with Crippen LogP contribution in [0.5, 0.6) is 0 Å². The van der Waals surface area contributed by atoms with Crippen LogP contribution in [0, 0.1) is 5.92 Å². The number of rotatable bonds is 6. The standard InChI is InChI=1S/C17H20OS/c18-17(10-4-8-14-9-5-11-19-14)16-12-15(16)13-6-2-1-3-7-13/h1-3,5-7,9,11,15-18H,4,8,10,12H2. The van der Waals surface area contributed by atoms with Gasteiger partial charge in [0.25, 0.3) is 0 Å². The van der Waals surface area contributed by atoms with Crippen molar-refractivity contribution in [2.45, 2.75) is 37.7 Å². The second-order valence-corrected chi connectivity index (χ2v) is 6.49. The zero-order valence-corrected chi connectivity index (χ0v) is 11.9. The van der Waals surface area contributed by atoms with Crippen molar-refractivity contribution in [2.24, 2.45) is 5.92 Å². The number of aryl methyl sites for hydroxylation is 1. The summed E-state index contributed by atoms with van der Waals surface area (Å²) in [6.45, 7) is 0. The first-order valence-corrected chi connectivity index (χ1v) is 7.98. The summed E-state index contributed by atoms with van der Waals surface area (Å²) in [6.07, 6.45) is 4.18. The van der Waals surface area contributed by atoms with E-state index < -0.39 is 0 Å². The Labute approximate surface area is 118 Å². The fourth-order valence-corrected chi connectivity index (χ4v) is 3.63. The van der Waals surface area contributed by atoms with E-state index in [1.165, 1.54) is 10.4 Å². The van der Waals surface area contributed by atoms with E-state index in [0.717, 1.165) is 25.7 Å². The van der Waals surface area contributed by atoms with Gasteiger partial charge in [-0.15, -0.1) is 11.3 Å². The van der Waals surface area contributed by atoms with Crippen LogP contribution in [0.2, 0.25) is 0 Å². The zero-order valence-electron chi connectivity index (χ0n) is 11.0. The van der Waals surface area contributed by atoms with Crippen molar-refractivity contribution in [1.82, 2.24) is 0 Å². The smallest absolute Gasteiger partial charge is 0.0574 e. The van der Waals surface area contributed by atoms with Gasteiger partial charge in [-0.3, -0.25) is 0 Å². The fraction of sp³-hybridized carbons (Fsp3) is 0.412. The molecule has 1 saturated carbocycles. The third-order valence-electron chi connectivity index (χ3n) is 4.06. The molecule has 1 N–H and O–H groups in total. The molecule has 0 aliphatic heterocycles. The average molecular weight is 272 g/mol. The van der Waals surface area contributed by atoms with Crippen molar-refractivity contribution >= 4 is 11.3 Å². The van der Waals surface area contributed by atoms with E-state index in [4.69, 9.17) is 0 Å². The van der Waals surface area contributed by atoms with E-state index in [0.29, 0.717) is 11.8 Å². The van der Waals surface area contributed by atoms with Gasteiger partial charge in [0.05, 0.1) is 6.10 Å². The Morgan fingerprint density at radius 3 is 2.74 bits per heavy atom. The van der Waals surface area contributed by atoms with Gasteiger partial charge < -0.3 is 5.11 Å². The molecule has 0 spiro atoms. The van der Waals surface area contributed by atoms with Crippen LogP contribution in [0.1, 0.15) is 35.6 Å². The highest BCUT2D eigenvalue weighted by Crippen LogP contribution is 2.50. The van der Waals surface area contributed by atoms with Crippen LogP contribution in [-0.4, -0.2) is 11.2 Å². The molecular formula is C17H20OS. The molecule has 3 rings (SSSR count). The molecule has 0 radical (unpaired) electrons. The molecule has 100 valence electrons. The number of benzene rings is 1. The quantitative estimate of drug-likeness (QED) is 0.834. The Kier molecular flexibility index (Phi) is 4.00. The second kappa shape index (κ2) is 5.89. The Morgan fingerprint density at radius 1 is 1.16 bits per heavy atom. The van der Waals surface area contributed by atoms with Crippen LogP contribution in [0.4, 0.5) is 0 Å². The van der Waals surface area contributed by atoms with Crippen LogP contribution < -0.4 is 0 Å². The molecule has 2 aromatic rings. The minimum Gasteiger partial charge on any atom is -0.393 e. The van der Waals surface area contributed by atoms with Crippen molar-refractivity contribution in [3.8, 4) is 0 Å². The van der Waals surface area contributed by atoms with Gasteiger partial charge in [0.15, 0.2) is 0 Å². The molecule has 1 aromatic heterocycles. The molecule has 0 saturated heterocycles. The zero-order chi connectivity index (χ0) is 13.1. The molecule has 1 aromatic carbocycles. The van der Waals surface area contributed by atoms with Crippen LogP contribution in [0.25, 0.3) is 0 Å². The van der Waals surface area contributed by atoms with Crippen molar-refractivity contribution in [2.75, 3.05) is 0 Å². The van der Waals surface area contributed by atoms with Crippen molar-refractivity contribution in [3.63, 3.8) is 0 Å². The number of thiophene rings is 1. The van der Waals surface area contributed by atoms with Gasteiger partial charge in [0.2, 0.25) is 0 Å². The summed E-state index contributed by atoms with van der Waals surface area (Å²) >= 11 is 1.81. The largest absolute Gasteiger partial charge is 0.393 e. The van der Waals surface area contributed by atoms with E-state index in [9.17, 15) is 5.11 Å². The monoisotopic (exact) mass is 272 g/mol. The summed E-state index contributed by atoms with van der Waals surface area (Å²) in [4.78, 5) is 1.43. The maximum absolute atomic E-state index is 10.3. The molecule has 1 nitrogen and oxygen atoms in total. The molecule has 1 aliphatic rings. The van der Waals surface area contributed by atoms with E-state index in [1.54, 1.807) is 0 Å². The lowest BCUT2D eigenvalue weighted by Crippen LogP contribution is -2.10. The first kappa shape index (κ1) is 12.9. The number of hydrogen-bond acceptors (Lipinski definition) is 2. The van der Waals surface area contributed by atoms with Gasteiger partial charge in [0, 0.05) is 4.88 Å². The molecule has 3 unspecified atom stereocenters. The van der Waals surface area contributed by atoms with E-state index in [-0.39, 0.29) is 6.10 Å². The van der Waals surface area contributed by atoms with E-state index in [1.807, 2.05) is 11.3 Å². The summed E-state index contributed by atoms with van der Waals surface area (Å²) in [7, 11) is 0. The van der Waals surface area contributed by atoms with Gasteiger partial charge >= 0.3 is 0 Å². The molecule has 19 heavy (non-hydrogen) atoms. The van der Waals surface area contributed by atoms with Crippen molar-refractivity contribution in [3.05, 3.63) is 58.3 Å². The van der Waals surface area contributed by atoms with Crippen LogP contribution in [0.3, 0.4) is 0 Å². The first-order chi connectivity index (χ1) is 9.34. The fourth-order valence-electron chi connectivity index (χ4n) is 2.88. The summed E-state index contributed by atoms with van der Waals surface area (Å²) in [6, 6.07) is 14.9. The van der Waals surface area contributed by atoms with Gasteiger partial charge in [-0.05, 0) is 54.5 Å². The predicted octanol–water partition coefficient (Wildman–Crippen LogP) is 4.24. The van der Waals surface area contributed by atoms with Gasteiger partial charge in [-0.2, -0.15) is 0 Å². The molecule has 0 bridgehead atoms. The maximum atomic E-state index is 10.3. The first-order valence-electron chi connectivity index (χ1n) is 7.10. The third-order valence-corrected chi connectivity index (χ3v) is 5.00. The topological polar surface area (TPSA) is 20.2 Å². The van der Waals surface area contributed by atoms with E-state index in [2.05, 4.69) is 47.8 Å². The number of aliphatic hydroxyl groups is 1. The normalized spacial score (nSPS) is 23.2. The Balaban J connectivity index is 1.44. The number of aliphatic hydroxyl groups excluding tert-OH is 1. The van der Waals surface area contributed by atoms with Gasteiger partial charge in [-0.25, -0.2) is 0 Å². The SMILES string of the molecule is OC(CCCc1cccs1)C1CC1c1ccccc1. The Morgan fingerprint density at radius 2 is 2.00 bits per heavy atom. The summed E-state index contributed by atoms with van der Waals surface area (Å²) in [5.74, 6) is 1.09.